The molecule has 0 saturated carbocycles. The minimum atomic E-state index is -0.628. The number of hydroxylamine groups is 1. The summed E-state index contributed by atoms with van der Waals surface area (Å²) in [5.41, 5.74) is 3.40. The van der Waals surface area contributed by atoms with Crippen LogP contribution < -0.4 is 5.48 Å². The van der Waals surface area contributed by atoms with Crippen molar-refractivity contribution in [1.29, 1.82) is 0 Å². The molecule has 3 rings (SSSR count). The van der Waals surface area contributed by atoms with Gasteiger partial charge in [0, 0.05) is 6.54 Å². The number of nitrogens with one attached hydrogen (secondary N) is 1. The van der Waals surface area contributed by atoms with Crippen molar-refractivity contribution >= 4 is 0 Å². The Labute approximate surface area is 126 Å². The average molecular weight is 288 g/mol. The summed E-state index contributed by atoms with van der Waals surface area (Å²) >= 11 is 0. The number of benzene rings is 1. The van der Waals surface area contributed by atoms with E-state index in [-0.39, 0.29) is 0 Å². The highest BCUT2D eigenvalue weighted by Gasteiger charge is 2.40. The second kappa shape index (κ2) is 6.60. The number of aliphatic hydroxyl groups excluding tert-OH is 1. The molecule has 1 saturated heterocycles. The second-order valence-electron chi connectivity index (χ2n) is 5.96. The van der Waals surface area contributed by atoms with Crippen molar-refractivity contribution in [2.45, 2.75) is 37.3 Å². The van der Waals surface area contributed by atoms with E-state index in [9.17, 15) is 5.11 Å². The molecular formula is C17H24N2O2. The summed E-state index contributed by atoms with van der Waals surface area (Å²) in [5, 5.41) is 10.8. The molecule has 1 aromatic carbocycles. The first kappa shape index (κ1) is 14.6. The molecule has 0 bridgehead atoms. The minimum Gasteiger partial charge on any atom is -0.416 e. The molecule has 2 heterocycles. The van der Waals surface area contributed by atoms with Gasteiger partial charge in [0.1, 0.15) is 11.8 Å². The largest absolute Gasteiger partial charge is 0.416 e. The van der Waals surface area contributed by atoms with Crippen molar-refractivity contribution < 1.29 is 9.94 Å². The lowest BCUT2D eigenvalue weighted by molar-refractivity contribution is 0.000563. The molecule has 21 heavy (non-hydrogen) atoms. The SMILES string of the molecule is OC(CCN1CCCCC1)C1(c2ccccc2)C=CON1. The Bertz CT molecular complexity index is 471. The Hall–Kier alpha value is -1.36. The van der Waals surface area contributed by atoms with Crippen molar-refractivity contribution in [3.63, 3.8) is 0 Å². The molecule has 4 heteroatoms. The topological polar surface area (TPSA) is 44.7 Å². The van der Waals surface area contributed by atoms with Crippen LogP contribution in [0.5, 0.6) is 0 Å². The van der Waals surface area contributed by atoms with Gasteiger partial charge in [0.05, 0.1) is 6.10 Å². The van der Waals surface area contributed by atoms with Crippen LogP contribution in [0.15, 0.2) is 42.7 Å². The van der Waals surface area contributed by atoms with E-state index < -0.39 is 11.6 Å². The summed E-state index contributed by atoms with van der Waals surface area (Å²) in [6.07, 6.45) is 7.66. The maximum absolute atomic E-state index is 10.8. The Balaban J connectivity index is 1.67. The van der Waals surface area contributed by atoms with E-state index in [1.807, 2.05) is 36.4 Å². The molecule has 0 amide bonds. The van der Waals surface area contributed by atoms with Gasteiger partial charge in [-0.2, -0.15) is 0 Å². The summed E-state index contributed by atoms with van der Waals surface area (Å²) in [6.45, 7) is 3.25. The first-order chi connectivity index (χ1) is 10.3. The van der Waals surface area contributed by atoms with Gasteiger partial charge in [0.15, 0.2) is 0 Å². The third-order valence-corrected chi connectivity index (χ3v) is 4.57. The predicted molar refractivity (Wildman–Crippen MR) is 82.4 cm³/mol. The maximum Gasteiger partial charge on any atom is 0.126 e. The van der Waals surface area contributed by atoms with Gasteiger partial charge in [-0.25, -0.2) is 0 Å². The van der Waals surface area contributed by atoms with E-state index >= 15 is 0 Å². The lowest BCUT2D eigenvalue weighted by atomic mass is 9.84. The van der Waals surface area contributed by atoms with Crippen LogP contribution >= 0.6 is 0 Å². The highest BCUT2D eigenvalue weighted by atomic mass is 16.6. The highest BCUT2D eigenvalue weighted by Crippen LogP contribution is 2.32. The van der Waals surface area contributed by atoms with Gasteiger partial charge < -0.3 is 14.8 Å². The third-order valence-electron chi connectivity index (χ3n) is 4.57. The molecule has 0 spiro atoms. The van der Waals surface area contributed by atoms with Gasteiger partial charge in [-0.05, 0) is 44.0 Å². The summed E-state index contributed by atoms with van der Waals surface area (Å²) < 4.78 is 0. The summed E-state index contributed by atoms with van der Waals surface area (Å²) in [5.74, 6) is 0. The summed E-state index contributed by atoms with van der Waals surface area (Å²) in [6, 6.07) is 10.0. The van der Waals surface area contributed by atoms with Crippen LogP contribution in [0.25, 0.3) is 0 Å². The van der Waals surface area contributed by atoms with Crippen LogP contribution in [-0.2, 0) is 10.4 Å². The quantitative estimate of drug-likeness (QED) is 0.871. The molecular weight excluding hydrogens is 264 g/mol. The Morgan fingerprint density at radius 3 is 2.62 bits per heavy atom. The Morgan fingerprint density at radius 1 is 1.19 bits per heavy atom. The van der Waals surface area contributed by atoms with Crippen molar-refractivity contribution in [3.05, 3.63) is 48.2 Å². The molecule has 2 unspecified atom stereocenters. The molecule has 0 aromatic heterocycles. The van der Waals surface area contributed by atoms with E-state index in [0.29, 0.717) is 0 Å². The summed E-state index contributed by atoms with van der Waals surface area (Å²) in [7, 11) is 0. The fourth-order valence-electron chi connectivity index (χ4n) is 3.26. The lowest BCUT2D eigenvalue weighted by Gasteiger charge is -2.34. The van der Waals surface area contributed by atoms with E-state index in [0.717, 1.165) is 31.6 Å². The van der Waals surface area contributed by atoms with Crippen LogP contribution in [-0.4, -0.2) is 35.7 Å². The van der Waals surface area contributed by atoms with Gasteiger partial charge >= 0.3 is 0 Å². The third kappa shape index (κ3) is 3.12. The number of hydrogen-bond acceptors (Lipinski definition) is 4. The van der Waals surface area contributed by atoms with Crippen LogP contribution in [0.4, 0.5) is 0 Å². The molecule has 1 aromatic rings. The fraction of sp³-hybridized carbons (Fsp3) is 0.529. The standard InChI is InChI=1S/C17H24N2O2/c20-16(9-13-19-11-5-2-6-12-19)17(10-14-21-18-17)15-7-3-1-4-8-15/h1,3-4,7-8,10,14,16,18,20H,2,5-6,9,11-13H2. The van der Waals surface area contributed by atoms with Crippen molar-refractivity contribution in [3.8, 4) is 0 Å². The smallest absolute Gasteiger partial charge is 0.126 e. The molecule has 1 fully saturated rings. The monoisotopic (exact) mass is 288 g/mol. The van der Waals surface area contributed by atoms with Crippen LogP contribution in [0.1, 0.15) is 31.2 Å². The van der Waals surface area contributed by atoms with Gasteiger partial charge in [-0.15, -0.1) is 5.48 Å². The van der Waals surface area contributed by atoms with E-state index in [2.05, 4.69) is 10.4 Å². The van der Waals surface area contributed by atoms with Crippen LogP contribution in [0.2, 0.25) is 0 Å². The fourth-order valence-corrected chi connectivity index (χ4v) is 3.26. The van der Waals surface area contributed by atoms with E-state index in [1.165, 1.54) is 19.3 Å². The van der Waals surface area contributed by atoms with Crippen molar-refractivity contribution in [2.75, 3.05) is 19.6 Å². The second-order valence-corrected chi connectivity index (χ2v) is 5.96. The number of nitrogens with zero attached hydrogens (tertiary/aromatic N) is 1. The Morgan fingerprint density at radius 2 is 1.95 bits per heavy atom. The highest BCUT2D eigenvalue weighted by molar-refractivity contribution is 5.32. The lowest BCUT2D eigenvalue weighted by Crippen LogP contribution is -2.48. The van der Waals surface area contributed by atoms with Crippen LogP contribution in [0.3, 0.4) is 0 Å². The van der Waals surface area contributed by atoms with Gasteiger partial charge in [0.2, 0.25) is 0 Å². The molecule has 114 valence electrons. The average Bonchev–Trinajstić information content (AvgIpc) is 3.05. The zero-order valence-electron chi connectivity index (χ0n) is 12.4. The molecule has 2 atom stereocenters. The number of hydrogen-bond donors (Lipinski definition) is 2. The molecule has 2 N–H and O–H groups in total. The molecule has 0 aliphatic carbocycles. The number of piperidine rings is 1. The van der Waals surface area contributed by atoms with E-state index in [4.69, 9.17) is 4.84 Å². The molecule has 4 nitrogen and oxygen atoms in total. The predicted octanol–water partition coefficient (Wildman–Crippen LogP) is 2.17. The van der Waals surface area contributed by atoms with Gasteiger partial charge in [-0.1, -0.05) is 36.8 Å². The number of rotatable bonds is 5. The Kier molecular flexibility index (Phi) is 4.58. The number of likely N-dealkylation sites (tertiary alicyclic amines) is 1. The van der Waals surface area contributed by atoms with Crippen molar-refractivity contribution in [1.82, 2.24) is 10.4 Å². The normalized spacial score (nSPS) is 27.5. The maximum atomic E-state index is 10.8. The van der Waals surface area contributed by atoms with Gasteiger partial charge in [-0.3, -0.25) is 0 Å². The van der Waals surface area contributed by atoms with Crippen molar-refractivity contribution in [2.24, 2.45) is 0 Å². The first-order valence-electron chi connectivity index (χ1n) is 7.88. The molecule has 0 radical (unpaired) electrons. The first-order valence-corrected chi connectivity index (χ1v) is 7.88. The molecule has 2 aliphatic heterocycles. The molecule has 2 aliphatic rings. The summed E-state index contributed by atoms with van der Waals surface area (Å²) in [4.78, 5) is 7.67. The van der Waals surface area contributed by atoms with E-state index in [1.54, 1.807) is 6.26 Å². The zero-order chi connectivity index (χ0) is 14.5. The van der Waals surface area contributed by atoms with Gasteiger partial charge in [0.25, 0.3) is 0 Å². The zero-order valence-corrected chi connectivity index (χ0v) is 12.4. The minimum absolute atomic E-state index is 0.513. The number of aliphatic hydroxyl groups is 1. The van der Waals surface area contributed by atoms with Crippen LogP contribution in [0, 0.1) is 0 Å².